The van der Waals surface area contributed by atoms with Gasteiger partial charge in [-0.2, -0.15) is 5.01 Å². The summed E-state index contributed by atoms with van der Waals surface area (Å²) in [4.78, 5) is 11.7. The van der Waals surface area contributed by atoms with Gasteiger partial charge in [-0.25, -0.2) is 0 Å². The minimum Gasteiger partial charge on any atom is -0.459 e. The van der Waals surface area contributed by atoms with Gasteiger partial charge in [-0.1, -0.05) is 29.3 Å². The second kappa shape index (κ2) is 5.42. The van der Waals surface area contributed by atoms with Crippen LogP contribution in [0.5, 0.6) is 0 Å². The first-order chi connectivity index (χ1) is 10.1. The standard InChI is InChI=1S/C14H10Cl2N2O3/c1-8(19)18-14(9-4-5-10(15)11(16)7-9)21-13(17-18)12-3-2-6-20-12/h2-7,14H,1H3/t14-/m0/s1. The highest BCUT2D eigenvalue weighted by atomic mass is 35.5. The summed E-state index contributed by atoms with van der Waals surface area (Å²) in [5, 5.41) is 6.19. The molecule has 0 radical (unpaired) electrons. The first kappa shape index (κ1) is 14.0. The topological polar surface area (TPSA) is 55.0 Å². The highest BCUT2D eigenvalue weighted by molar-refractivity contribution is 6.42. The maximum absolute atomic E-state index is 11.7. The lowest BCUT2D eigenvalue weighted by atomic mass is 10.2. The summed E-state index contributed by atoms with van der Waals surface area (Å²) in [6, 6.07) is 8.44. The largest absolute Gasteiger partial charge is 0.459 e. The third kappa shape index (κ3) is 2.62. The average molecular weight is 325 g/mol. The molecule has 7 heteroatoms. The van der Waals surface area contributed by atoms with E-state index >= 15 is 0 Å². The number of hydrazone groups is 1. The van der Waals surface area contributed by atoms with Crippen molar-refractivity contribution in [3.63, 3.8) is 0 Å². The summed E-state index contributed by atoms with van der Waals surface area (Å²) in [5.41, 5.74) is 0.671. The third-order valence-corrected chi connectivity index (χ3v) is 3.67. The van der Waals surface area contributed by atoms with E-state index in [-0.39, 0.29) is 11.8 Å². The lowest BCUT2D eigenvalue weighted by Crippen LogP contribution is -2.25. The Hall–Kier alpha value is -1.98. The van der Waals surface area contributed by atoms with Crippen LogP contribution in [0.3, 0.4) is 0 Å². The molecule has 0 saturated heterocycles. The number of ether oxygens (including phenoxy) is 1. The molecule has 0 fully saturated rings. The highest BCUT2D eigenvalue weighted by Gasteiger charge is 2.34. The van der Waals surface area contributed by atoms with Crippen molar-refractivity contribution < 1.29 is 13.9 Å². The molecule has 1 aliphatic heterocycles. The van der Waals surface area contributed by atoms with Crippen LogP contribution in [0.1, 0.15) is 24.5 Å². The van der Waals surface area contributed by atoms with Gasteiger partial charge in [0.05, 0.1) is 16.3 Å². The fourth-order valence-corrected chi connectivity index (χ4v) is 2.25. The van der Waals surface area contributed by atoms with Crippen molar-refractivity contribution in [1.82, 2.24) is 5.01 Å². The van der Waals surface area contributed by atoms with Gasteiger partial charge >= 0.3 is 0 Å². The van der Waals surface area contributed by atoms with E-state index in [9.17, 15) is 4.79 Å². The summed E-state index contributed by atoms with van der Waals surface area (Å²) in [6.45, 7) is 1.41. The van der Waals surface area contributed by atoms with Gasteiger partial charge < -0.3 is 9.15 Å². The number of benzene rings is 1. The van der Waals surface area contributed by atoms with E-state index in [4.69, 9.17) is 32.4 Å². The Morgan fingerprint density at radius 1 is 1.29 bits per heavy atom. The molecular weight excluding hydrogens is 315 g/mol. The predicted octanol–water partition coefficient (Wildman–Crippen LogP) is 3.83. The molecule has 1 amide bonds. The first-order valence-electron chi connectivity index (χ1n) is 6.10. The molecule has 0 spiro atoms. The van der Waals surface area contributed by atoms with Crippen molar-refractivity contribution in [2.45, 2.75) is 13.2 Å². The van der Waals surface area contributed by atoms with Crippen molar-refractivity contribution in [1.29, 1.82) is 0 Å². The summed E-state index contributed by atoms with van der Waals surface area (Å²) in [7, 11) is 0. The lowest BCUT2D eigenvalue weighted by molar-refractivity contribution is -0.135. The number of rotatable bonds is 2. The van der Waals surface area contributed by atoms with Crippen LogP contribution in [0.25, 0.3) is 0 Å². The number of hydrogen-bond donors (Lipinski definition) is 0. The second-order valence-corrected chi connectivity index (χ2v) is 5.20. The van der Waals surface area contributed by atoms with Crippen molar-refractivity contribution in [3.8, 4) is 0 Å². The Morgan fingerprint density at radius 2 is 2.10 bits per heavy atom. The van der Waals surface area contributed by atoms with E-state index < -0.39 is 6.23 Å². The van der Waals surface area contributed by atoms with Gasteiger partial charge in [-0.05, 0) is 24.3 Å². The van der Waals surface area contributed by atoms with Gasteiger partial charge in [0.2, 0.25) is 12.1 Å². The van der Waals surface area contributed by atoms with Crippen LogP contribution in [0.4, 0.5) is 0 Å². The van der Waals surface area contributed by atoms with E-state index in [0.29, 0.717) is 21.4 Å². The van der Waals surface area contributed by atoms with Crippen molar-refractivity contribution >= 4 is 35.0 Å². The van der Waals surface area contributed by atoms with Crippen LogP contribution >= 0.6 is 23.2 Å². The SMILES string of the molecule is CC(=O)N1N=C(c2ccco2)O[C@H]1c1ccc(Cl)c(Cl)c1. The lowest BCUT2D eigenvalue weighted by Gasteiger charge is -2.19. The molecule has 0 saturated carbocycles. The minimum absolute atomic E-state index is 0.242. The second-order valence-electron chi connectivity index (χ2n) is 4.39. The molecule has 0 N–H and O–H groups in total. The number of halogens is 2. The van der Waals surface area contributed by atoms with Crippen LogP contribution in [0.15, 0.2) is 46.1 Å². The molecule has 1 aromatic carbocycles. The summed E-state index contributed by atoms with van der Waals surface area (Å²) in [5.74, 6) is 0.433. The van der Waals surface area contributed by atoms with E-state index in [2.05, 4.69) is 5.10 Å². The van der Waals surface area contributed by atoms with Gasteiger partial charge in [-0.15, -0.1) is 5.10 Å². The Bertz CT molecular complexity index is 713. The van der Waals surface area contributed by atoms with Crippen LogP contribution in [-0.4, -0.2) is 16.8 Å². The molecule has 2 heterocycles. The van der Waals surface area contributed by atoms with Gasteiger partial charge in [0.25, 0.3) is 5.90 Å². The fourth-order valence-electron chi connectivity index (χ4n) is 1.95. The number of furan rings is 1. The first-order valence-corrected chi connectivity index (χ1v) is 6.86. The molecule has 3 rings (SSSR count). The van der Waals surface area contributed by atoms with Crippen LogP contribution in [-0.2, 0) is 9.53 Å². The predicted molar refractivity (Wildman–Crippen MR) is 78.1 cm³/mol. The zero-order valence-electron chi connectivity index (χ0n) is 10.9. The van der Waals surface area contributed by atoms with Gasteiger partial charge in [0.1, 0.15) is 0 Å². The molecule has 108 valence electrons. The highest BCUT2D eigenvalue weighted by Crippen LogP contribution is 2.33. The quantitative estimate of drug-likeness (QED) is 0.843. The Morgan fingerprint density at radius 3 is 2.71 bits per heavy atom. The molecule has 0 unspecified atom stereocenters. The molecule has 0 bridgehead atoms. The van der Waals surface area contributed by atoms with E-state index in [0.717, 1.165) is 0 Å². The number of hydrogen-bond acceptors (Lipinski definition) is 4. The zero-order valence-corrected chi connectivity index (χ0v) is 12.4. The van der Waals surface area contributed by atoms with Crippen LogP contribution < -0.4 is 0 Å². The van der Waals surface area contributed by atoms with Gasteiger partial charge in [0, 0.05) is 12.5 Å². The molecule has 1 aromatic heterocycles. The maximum Gasteiger partial charge on any atom is 0.277 e. The van der Waals surface area contributed by atoms with Crippen LogP contribution in [0.2, 0.25) is 10.0 Å². The monoisotopic (exact) mass is 324 g/mol. The van der Waals surface area contributed by atoms with E-state index in [1.165, 1.54) is 18.2 Å². The summed E-state index contributed by atoms with van der Waals surface area (Å²) >= 11 is 11.9. The zero-order chi connectivity index (χ0) is 15.0. The Labute approximate surface area is 130 Å². The maximum atomic E-state index is 11.7. The number of nitrogens with zero attached hydrogens (tertiary/aromatic N) is 2. The summed E-state index contributed by atoms with van der Waals surface area (Å²) < 4.78 is 11.0. The van der Waals surface area contributed by atoms with Crippen LogP contribution in [0, 0.1) is 0 Å². The fraction of sp³-hybridized carbons (Fsp3) is 0.143. The average Bonchev–Trinajstić information content (AvgIpc) is 3.09. The van der Waals surface area contributed by atoms with Gasteiger partial charge in [-0.3, -0.25) is 4.79 Å². The molecule has 0 aliphatic carbocycles. The minimum atomic E-state index is -0.697. The van der Waals surface area contributed by atoms with Crippen molar-refractivity contribution in [2.24, 2.45) is 5.10 Å². The van der Waals surface area contributed by atoms with Crippen molar-refractivity contribution in [3.05, 3.63) is 58.0 Å². The number of amides is 1. The molecule has 1 atom stereocenters. The van der Waals surface area contributed by atoms with Crippen molar-refractivity contribution in [2.75, 3.05) is 0 Å². The summed E-state index contributed by atoms with van der Waals surface area (Å²) in [6.07, 6.45) is 0.809. The molecule has 5 nitrogen and oxygen atoms in total. The normalized spacial score (nSPS) is 17.6. The number of carbonyl (C=O) groups is 1. The molecular formula is C14H10Cl2N2O3. The Balaban J connectivity index is 1.95. The van der Waals surface area contributed by atoms with Gasteiger partial charge in [0.15, 0.2) is 5.76 Å². The molecule has 1 aliphatic rings. The Kier molecular flexibility index (Phi) is 3.61. The number of carbonyl (C=O) groups excluding carboxylic acids is 1. The third-order valence-electron chi connectivity index (χ3n) is 2.93. The molecule has 2 aromatic rings. The smallest absolute Gasteiger partial charge is 0.277 e. The molecule has 21 heavy (non-hydrogen) atoms. The van der Waals surface area contributed by atoms with E-state index in [1.807, 2.05) is 0 Å². The van der Waals surface area contributed by atoms with E-state index in [1.54, 1.807) is 30.3 Å².